The number of allylic oxidation sites excluding steroid dienone is 3. The fourth-order valence-corrected chi connectivity index (χ4v) is 2.44. The lowest BCUT2D eigenvalue weighted by Crippen LogP contribution is -2.02. The zero-order valence-corrected chi connectivity index (χ0v) is 17.0. The number of hydrogen-bond donors (Lipinski definition) is 3. The summed E-state index contributed by atoms with van der Waals surface area (Å²) in [5, 5.41) is 7.75. The van der Waals surface area contributed by atoms with E-state index in [1.807, 2.05) is 7.11 Å². The van der Waals surface area contributed by atoms with Crippen LogP contribution in [0.3, 0.4) is 0 Å². The summed E-state index contributed by atoms with van der Waals surface area (Å²) in [7, 11) is 1.81. The van der Waals surface area contributed by atoms with Gasteiger partial charge in [0.15, 0.2) is 0 Å². The molecule has 0 unspecified atom stereocenters. The molecular formula is C20H44N2O2. The number of unbranched alkanes of at least 4 members (excludes halogenated alkanes) is 5. The highest BCUT2D eigenvalue weighted by atomic mass is 16.5. The highest BCUT2D eigenvalue weighted by Crippen LogP contribution is 2.24. The molecule has 4 nitrogen and oxygen atoms in total. The molecule has 0 fully saturated rings. The van der Waals surface area contributed by atoms with E-state index < -0.39 is 0 Å². The van der Waals surface area contributed by atoms with Crippen molar-refractivity contribution in [3.63, 3.8) is 0 Å². The first kappa shape index (κ1) is 28.0. The van der Waals surface area contributed by atoms with Gasteiger partial charge >= 0.3 is 0 Å². The van der Waals surface area contributed by atoms with Crippen molar-refractivity contribution < 1.29 is 9.84 Å². The van der Waals surface area contributed by atoms with Crippen LogP contribution >= 0.6 is 0 Å². The van der Waals surface area contributed by atoms with Crippen molar-refractivity contribution in [1.82, 2.24) is 6.15 Å². The molecular weight excluding hydrogens is 300 g/mol. The van der Waals surface area contributed by atoms with E-state index >= 15 is 0 Å². The third-order valence-electron chi connectivity index (χ3n) is 3.82. The molecule has 0 rings (SSSR count). The average molecular weight is 345 g/mol. The molecule has 0 aromatic carbocycles. The van der Waals surface area contributed by atoms with Crippen LogP contribution in [-0.2, 0) is 4.74 Å². The largest absolute Gasteiger partial charge is 0.497 e. The second kappa shape index (κ2) is 22.2. The Bertz CT molecular complexity index is 311. The van der Waals surface area contributed by atoms with E-state index in [4.69, 9.17) is 15.6 Å². The lowest BCUT2D eigenvalue weighted by molar-refractivity contribution is 0.291. The molecule has 24 heavy (non-hydrogen) atoms. The minimum absolute atomic E-state index is 0. The second-order valence-corrected chi connectivity index (χ2v) is 5.91. The van der Waals surface area contributed by atoms with Crippen LogP contribution < -0.4 is 11.9 Å². The zero-order valence-electron chi connectivity index (χ0n) is 17.0. The lowest BCUT2D eigenvalue weighted by atomic mass is 10.00. The molecule has 0 bridgehead atoms. The first-order chi connectivity index (χ1) is 11.1. The van der Waals surface area contributed by atoms with Crippen molar-refractivity contribution in [3.8, 4) is 0 Å². The molecule has 0 amide bonds. The number of aliphatic hydroxyl groups excluding tert-OH is 1. The molecule has 0 saturated carbocycles. The predicted octanol–water partition coefficient (Wildman–Crippen LogP) is 5.50. The van der Waals surface area contributed by atoms with Gasteiger partial charge in [-0.25, -0.2) is 0 Å². The molecule has 0 aromatic rings. The van der Waals surface area contributed by atoms with Gasteiger partial charge in [-0.1, -0.05) is 52.0 Å². The summed E-state index contributed by atoms with van der Waals surface area (Å²) in [5.41, 5.74) is 7.58. The van der Waals surface area contributed by atoms with Gasteiger partial charge in [0, 0.05) is 6.54 Å². The van der Waals surface area contributed by atoms with Crippen LogP contribution in [0.5, 0.6) is 0 Å². The van der Waals surface area contributed by atoms with Gasteiger partial charge in [0.2, 0.25) is 0 Å². The van der Waals surface area contributed by atoms with Crippen molar-refractivity contribution in [1.29, 1.82) is 0 Å². The van der Waals surface area contributed by atoms with E-state index in [2.05, 4.69) is 33.8 Å². The SMILES string of the molecule is CC=C(CCCC)C(OC)=C(C)CCCCCCC.N.NCCO. The van der Waals surface area contributed by atoms with Crippen LogP contribution in [0.15, 0.2) is 23.0 Å². The molecule has 0 heterocycles. The number of nitrogens with two attached hydrogens (primary N) is 1. The van der Waals surface area contributed by atoms with E-state index in [-0.39, 0.29) is 12.8 Å². The molecule has 4 heteroatoms. The summed E-state index contributed by atoms with van der Waals surface area (Å²) in [6, 6.07) is 0. The maximum atomic E-state index is 7.75. The summed E-state index contributed by atoms with van der Waals surface area (Å²) in [6.07, 6.45) is 13.7. The molecule has 0 spiro atoms. The molecule has 0 aliphatic heterocycles. The highest BCUT2D eigenvalue weighted by Gasteiger charge is 2.08. The summed E-state index contributed by atoms with van der Waals surface area (Å²) >= 11 is 0. The number of hydrogen-bond acceptors (Lipinski definition) is 4. The monoisotopic (exact) mass is 344 g/mol. The summed E-state index contributed by atoms with van der Waals surface area (Å²) < 4.78 is 5.65. The number of rotatable bonds is 12. The van der Waals surface area contributed by atoms with Crippen LogP contribution in [-0.4, -0.2) is 25.4 Å². The fourth-order valence-electron chi connectivity index (χ4n) is 2.44. The van der Waals surface area contributed by atoms with Crippen LogP contribution in [0.1, 0.15) is 85.5 Å². The number of methoxy groups -OCH3 is 1. The Labute approximate surface area is 151 Å². The van der Waals surface area contributed by atoms with Crippen LogP contribution in [0.25, 0.3) is 0 Å². The van der Waals surface area contributed by atoms with Gasteiger partial charge in [-0.15, -0.1) is 0 Å². The lowest BCUT2D eigenvalue weighted by Gasteiger charge is -2.14. The van der Waals surface area contributed by atoms with Gasteiger partial charge in [-0.3, -0.25) is 0 Å². The topological polar surface area (TPSA) is 90.5 Å². The summed E-state index contributed by atoms with van der Waals surface area (Å²) in [6.45, 7) is 9.33. The van der Waals surface area contributed by atoms with Crippen molar-refractivity contribution in [2.45, 2.75) is 85.5 Å². The molecule has 0 saturated heterocycles. The van der Waals surface area contributed by atoms with Crippen LogP contribution in [0.4, 0.5) is 0 Å². The molecule has 0 aliphatic rings. The van der Waals surface area contributed by atoms with E-state index in [9.17, 15) is 0 Å². The fraction of sp³-hybridized carbons (Fsp3) is 0.800. The van der Waals surface area contributed by atoms with E-state index in [1.54, 1.807) is 0 Å². The third kappa shape index (κ3) is 16.0. The smallest absolute Gasteiger partial charge is 0.120 e. The van der Waals surface area contributed by atoms with Gasteiger partial charge in [0.05, 0.1) is 13.7 Å². The van der Waals surface area contributed by atoms with Gasteiger partial charge in [0.25, 0.3) is 0 Å². The van der Waals surface area contributed by atoms with Gasteiger partial charge in [0.1, 0.15) is 5.76 Å². The minimum atomic E-state index is 0. The normalized spacial score (nSPS) is 11.9. The molecule has 0 radical (unpaired) electrons. The Morgan fingerprint density at radius 3 is 1.96 bits per heavy atom. The van der Waals surface area contributed by atoms with Crippen molar-refractivity contribution in [3.05, 3.63) is 23.0 Å². The van der Waals surface area contributed by atoms with Gasteiger partial charge in [-0.05, 0) is 50.7 Å². The van der Waals surface area contributed by atoms with Gasteiger partial charge in [-0.2, -0.15) is 0 Å². The van der Waals surface area contributed by atoms with E-state index in [1.165, 1.54) is 62.5 Å². The minimum Gasteiger partial charge on any atom is -0.497 e. The molecule has 6 N–H and O–H groups in total. The van der Waals surface area contributed by atoms with E-state index in [0.29, 0.717) is 6.54 Å². The Morgan fingerprint density at radius 2 is 1.54 bits per heavy atom. The molecule has 146 valence electrons. The maximum absolute atomic E-state index is 7.75. The summed E-state index contributed by atoms with van der Waals surface area (Å²) in [5.74, 6) is 1.14. The predicted molar refractivity (Wildman–Crippen MR) is 108 cm³/mol. The van der Waals surface area contributed by atoms with E-state index in [0.717, 1.165) is 12.2 Å². The molecule has 0 aliphatic carbocycles. The molecule has 0 atom stereocenters. The Balaban J connectivity index is -0.000000787. The standard InChI is InChI=1S/C18H34O.C2H7NO.H3N/c1-6-9-11-12-13-14-16(4)18(19-5)17(8-3)15-10-7-2;3-1-2-4;/h8H,6-7,9-15H2,1-5H3;4H,1-3H2;1H3. The Kier molecular flexibility index (Phi) is 25.8. The zero-order chi connectivity index (χ0) is 17.9. The van der Waals surface area contributed by atoms with Crippen LogP contribution in [0.2, 0.25) is 0 Å². The van der Waals surface area contributed by atoms with Crippen LogP contribution in [0, 0.1) is 0 Å². The average Bonchev–Trinajstić information content (AvgIpc) is 2.58. The third-order valence-corrected chi connectivity index (χ3v) is 3.82. The maximum Gasteiger partial charge on any atom is 0.120 e. The molecule has 0 aromatic heterocycles. The van der Waals surface area contributed by atoms with Crippen molar-refractivity contribution in [2.75, 3.05) is 20.3 Å². The van der Waals surface area contributed by atoms with Gasteiger partial charge < -0.3 is 21.7 Å². The first-order valence-corrected chi connectivity index (χ1v) is 9.32. The summed E-state index contributed by atoms with van der Waals surface area (Å²) in [4.78, 5) is 0. The Hall–Kier alpha value is -0.840. The van der Waals surface area contributed by atoms with Crippen molar-refractivity contribution in [2.24, 2.45) is 5.73 Å². The highest BCUT2D eigenvalue weighted by molar-refractivity contribution is 5.29. The van der Waals surface area contributed by atoms with Crippen molar-refractivity contribution >= 4 is 0 Å². The number of ether oxygens (including phenoxy) is 1. The number of aliphatic hydroxyl groups is 1. The second-order valence-electron chi connectivity index (χ2n) is 5.91. The Morgan fingerprint density at radius 1 is 1.00 bits per heavy atom. The first-order valence-electron chi connectivity index (χ1n) is 9.32. The quantitative estimate of drug-likeness (QED) is 0.247.